The van der Waals surface area contributed by atoms with Gasteiger partial charge < -0.3 is 9.30 Å². The van der Waals surface area contributed by atoms with E-state index in [2.05, 4.69) is 11.6 Å². The van der Waals surface area contributed by atoms with E-state index in [1.165, 1.54) is 11.3 Å². The summed E-state index contributed by atoms with van der Waals surface area (Å²) in [5.41, 5.74) is 3.61. The van der Waals surface area contributed by atoms with Crippen LogP contribution in [0.15, 0.2) is 71.7 Å². The number of carbonyl (C=O) groups is 1. The fraction of sp³-hybridized carbons (Fsp3) is 0.136. The number of thiazole rings is 1. The number of ether oxygens (including phenoxy) is 1. The molecule has 0 amide bonds. The summed E-state index contributed by atoms with van der Waals surface area (Å²) < 4.78 is 6.92. The molecule has 1 aromatic carbocycles. The highest BCUT2D eigenvalue weighted by Gasteiger charge is 2.18. The average molecular weight is 392 g/mol. The van der Waals surface area contributed by atoms with Gasteiger partial charge >= 0.3 is 5.97 Å². The van der Waals surface area contributed by atoms with Crippen LogP contribution in [0.25, 0.3) is 16.4 Å². The van der Waals surface area contributed by atoms with Crippen molar-refractivity contribution in [3.05, 3.63) is 93.8 Å². The topological polar surface area (TPSA) is 61.2 Å². The Morgan fingerprint density at radius 3 is 2.89 bits per heavy atom. The monoisotopic (exact) mass is 392 g/mol. The highest BCUT2D eigenvalue weighted by Crippen LogP contribution is 2.20. The Morgan fingerprint density at radius 2 is 2.11 bits per heavy atom. The molecule has 2 aromatic heterocycles. The van der Waals surface area contributed by atoms with Crippen LogP contribution in [0, 0.1) is 0 Å². The maximum atomic E-state index is 12.6. The number of aromatic nitrogens is 2. The lowest BCUT2D eigenvalue weighted by Gasteiger charge is -2.12. The van der Waals surface area contributed by atoms with Gasteiger partial charge in [-0.1, -0.05) is 61.2 Å². The van der Waals surface area contributed by atoms with Crippen molar-refractivity contribution in [3.63, 3.8) is 0 Å². The van der Waals surface area contributed by atoms with Gasteiger partial charge in [0.2, 0.25) is 5.43 Å². The second-order valence-electron chi connectivity index (χ2n) is 5.90. The van der Waals surface area contributed by atoms with Crippen molar-refractivity contribution in [1.82, 2.24) is 9.55 Å². The number of allylic oxidation sites excluding steroid dienone is 4. The van der Waals surface area contributed by atoms with E-state index in [0.29, 0.717) is 6.54 Å². The zero-order valence-electron chi connectivity index (χ0n) is 15.5. The molecule has 0 atom stereocenters. The van der Waals surface area contributed by atoms with Crippen molar-refractivity contribution in [1.29, 1.82) is 0 Å². The SMILES string of the molecule is C=C/C=C\C=C\c1ccccc1Cn1cc(C(=O)OCC)c(=O)c2ncsc21. The number of benzene rings is 1. The van der Waals surface area contributed by atoms with Crippen molar-refractivity contribution in [3.8, 4) is 0 Å². The van der Waals surface area contributed by atoms with Gasteiger partial charge in [-0.15, -0.1) is 11.3 Å². The maximum absolute atomic E-state index is 12.6. The molecule has 6 heteroatoms. The van der Waals surface area contributed by atoms with Crippen LogP contribution in [0.2, 0.25) is 0 Å². The Labute approximate surface area is 166 Å². The van der Waals surface area contributed by atoms with Crippen molar-refractivity contribution in [2.45, 2.75) is 13.5 Å². The van der Waals surface area contributed by atoms with Gasteiger partial charge in [0.25, 0.3) is 0 Å². The van der Waals surface area contributed by atoms with Gasteiger partial charge in [-0.3, -0.25) is 4.79 Å². The number of carbonyl (C=O) groups excluding carboxylic acids is 1. The number of rotatable bonds is 7. The number of hydrogen-bond acceptors (Lipinski definition) is 5. The summed E-state index contributed by atoms with van der Waals surface area (Å²) in [4.78, 5) is 29.7. The first-order valence-electron chi connectivity index (χ1n) is 8.83. The molecule has 0 N–H and O–H groups in total. The second-order valence-corrected chi connectivity index (χ2v) is 6.74. The molecule has 0 saturated carbocycles. The van der Waals surface area contributed by atoms with Crippen molar-refractivity contribution in [2.24, 2.45) is 0 Å². The molecule has 0 aliphatic rings. The molecule has 142 valence electrons. The van der Waals surface area contributed by atoms with Crippen molar-refractivity contribution >= 4 is 33.7 Å². The van der Waals surface area contributed by atoms with Crippen molar-refractivity contribution < 1.29 is 9.53 Å². The summed E-state index contributed by atoms with van der Waals surface area (Å²) in [7, 11) is 0. The van der Waals surface area contributed by atoms with Gasteiger partial charge in [0.15, 0.2) is 0 Å². The first-order valence-corrected chi connectivity index (χ1v) is 9.71. The Balaban J connectivity index is 2.05. The summed E-state index contributed by atoms with van der Waals surface area (Å²) in [5, 5.41) is 0. The summed E-state index contributed by atoms with van der Waals surface area (Å²) in [6, 6.07) is 7.97. The highest BCUT2D eigenvalue weighted by molar-refractivity contribution is 7.16. The Hall–Kier alpha value is -3.25. The number of esters is 1. The van der Waals surface area contributed by atoms with Crippen LogP contribution >= 0.6 is 11.3 Å². The molecule has 3 aromatic rings. The van der Waals surface area contributed by atoms with E-state index >= 15 is 0 Å². The Morgan fingerprint density at radius 1 is 1.29 bits per heavy atom. The lowest BCUT2D eigenvalue weighted by atomic mass is 10.1. The van der Waals surface area contributed by atoms with E-state index in [0.717, 1.165) is 16.0 Å². The fourth-order valence-electron chi connectivity index (χ4n) is 2.80. The number of nitrogens with zero attached hydrogens (tertiary/aromatic N) is 2. The summed E-state index contributed by atoms with van der Waals surface area (Å²) in [6.45, 7) is 6.07. The van der Waals surface area contributed by atoms with Crippen LogP contribution in [0.5, 0.6) is 0 Å². The Bertz CT molecular complexity index is 1120. The van der Waals surface area contributed by atoms with E-state index in [1.807, 2.05) is 53.1 Å². The molecule has 0 unspecified atom stereocenters. The molecule has 2 heterocycles. The minimum atomic E-state index is -0.626. The summed E-state index contributed by atoms with van der Waals surface area (Å²) in [6.07, 6.45) is 11.0. The first-order chi connectivity index (χ1) is 13.7. The number of pyridine rings is 1. The smallest absolute Gasteiger partial charge is 0.343 e. The van der Waals surface area contributed by atoms with Gasteiger partial charge in [-0.25, -0.2) is 9.78 Å². The van der Waals surface area contributed by atoms with Gasteiger partial charge in [0, 0.05) is 12.7 Å². The Kier molecular flexibility index (Phi) is 6.34. The third-order valence-electron chi connectivity index (χ3n) is 4.08. The molecule has 28 heavy (non-hydrogen) atoms. The third-order valence-corrected chi connectivity index (χ3v) is 4.94. The zero-order chi connectivity index (χ0) is 19.9. The summed E-state index contributed by atoms with van der Waals surface area (Å²) in [5.74, 6) is -0.626. The number of hydrogen-bond donors (Lipinski definition) is 0. The molecular formula is C22H20N2O3S. The van der Waals surface area contributed by atoms with Crippen LogP contribution < -0.4 is 5.43 Å². The van der Waals surface area contributed by atoms with Gasteiger partial charge in [-0.2, -0.15) is 0 Å². The van der Waals surface area contributed by atoms with E-state index < -0.39 is 11.4 Å². The van der Waals surface area contributed by atoms with E-state index in [9.17, 15) is 9.59 Å². The third kappa shape index (κ3) is 4.18. The zero-order valence-corrected chi connectivity index (χ0v) is 16.3. The molecule has 0 aliphatic carbocycles. The molecule has 3 rings (SSSR count). The van der Waals surface area contributed by atoms with Crippen LogP contribution in [0.4, 0.5) is 0 Å². The van der Waals surface area contributed by atoms with Gasteiger partial charge in [0.05, 0.1) is 12.1 Å². The molecule has 5 nitrogen and oxygen atoms in total. The van der Waals surface area contributed by atoms with Crippen LogP contribution in [0.1, 0.15) is 28.4 Å². The molecule has 0 bridgehead atoms. The lowest BCUT2D eigenvalue weighted by molar-refractivity contribution is 0.0524. The standard InChI is InChI=1S/C22H20N2O3S/c1-3-5-6-7-10-16-11-8-9-12-17(16)13-24-14-18(22(26)27-4-2)20(25)19-21(24)28-15-23-19/h3,5-12,14-15H,1,4,13H2,2H3/b6-5-,10-7+. The molecule has 0 fully saturated rings. The predicted octanol–water partition coefficient (Wildman–Crippen LogP) is 4.44. The molecule has 0 aliphatic heterocycles. The minimum Gasteiger partial charge on any atom is -0.462 e. The molecule has 0 saturated heterocycles. The fourth-order valence-corrected chi connectivity index (χ4v) is 3.57. The maximum Gasteiger partial charge on any atom is 0.343 e. The largest absolute Gasteiger partial charge is 0.462 e. The summed E-state index contributed by atoms with van der Waals surface area (Å²) >= 11 is 1.37. The van der Waals surface area contributed by atoms with Crippen LogP contribution in [-0.4, -0.2) is 22.1 Å². The average Bonchev–Trinajstić information content (AvgIpc) is 3.19. The van der Waals surface area contributed by atoms with E-state index in [4.69, 9.17) is 4.74 Å². The first kappa shape index (κ1) is 19.5. The quantitative estimate of drug-likeness (QED) is 0.441. The minimum absolute atomic E-state index is 0.00203. The lowest BCUT2D eigenvalue weighted by Crippen LogP contribution is -2.21. The highest BCUT2D eigenvalue weighted by atomic mass is 32.1. The molecule has 0 spiro atoms. The van der Waals surface area contributed by atoms with E-state index in [1.54, 1.807) is 24.7 Å². The van der Waals surface area contributed by atoms with Gasteiger partial charge in [0.1, 0.15) is 15.9 Å². The van der Waals surface area contributed by atoms with Crippen LogP contribution in [-0.2, 0) is 11.3 Å². The predicted molar refractivity (Wildman–Crippen MR) is 114 cm³/mol. The number of fused-ring (bicyclic) bond motifs is 1. The van der Waals surface area contributed by atoms with Gasteiger partial charge in [-0.05, 0) is 18.1 Å². The van der Waals surface area contributed by atoms with Crippen molar-refractivity contribution in [2.75, 3.05) is 6.61 Å². The molecular weight excluding hydrogens is 372 g/mol. The second kappa shape index (κ2) is 9.10. The molecule has 0 radical (unpaired) electrons. The van der Waals surface area contributed by atoms with E-state index in [-0.39, 0.29) is 17.7 Å². The van der Waals surface area contributed by atoms with Crippen LogP contribution in [0.3, 0.4) is 0 Å². The normalized spacial score (nSPS) is 11.5.